The zero-order valence-electron chi connectivity index (χ0n) is 11.3. The van der Waals surface area contributed by atoms with Crippen LogP contribution in [0.3, 0.4) is 0 Å². The summed E-state index contributed by atoms with van der Waals surface area (Å²) >= 11 is 0. The fourth-order valence-corrected chi connectivity index (χ4v) is 1.71. The molecule has 2 aromatic rings. The molecule has 104 valence electrons. The molecule has 1 aromatic heterocycles. The molecule has 0 saturated heterocycles. The van der Waals surface area contributed by atoms with E-state index in [-0.39, 0.29) is 0 Å². The Bertz CT molecular complexity index is 524. The van der Waals surface area contributed by atoms with Crippen molar-refractivity contribution in [3.63, 3.8) is 0 Å². The summed E-state index contributed by atoms with van der Waals surface area (Å²) in [7, 11) is 0. The molecule has 0 atom stereocenters. The summed E-state index contributed by atoms with van der Waals surface area (Å²) in [6.45, 7) is 6.53. The lowest BCUT2D eigenvalue weighted by molar-refractivity contribution is 0.133. The van der Waals surface area contributed by atoms with Gasteiger partial charge in [-0.2, -0.15) is 0 Å². The van der Waals surface area contributed by atoms with Gasteiger partial charge in [-0.15, -0.1) is 0 Å². The molecule has 1 aromatic carbocycles. The molecule has 0 aliphatic heterocycles. The zero-order chi connectivity index (χ0) is 13.7. The van der Waals surface area contributed by atoms with Gasteiger partial charge >= 0.3 is 0 Å². The molecule has 0 unspecified atom stereocenters. The number of nitrogens with one attached hydrogen (secondary N) is 1. The van der Waals surface area contributed by atoms with E-state index >= 15 is 0 Å². The number of hydrogen-bond donors (Lipinski definition) is 2. The van der Waals surface area contributed by atoms with Crippen molar-refractivity contribution in [2.24, 2.45) is 5.92 Å². The van der Waals surface area contributed by atoms with Gasteiger partial charge < -0.3 is 15.8 Å². The number of nitrogens with two attached hydrogens (primary N) is 1. The zero-order valence-corrected chi connectivity index (χ0v) is 11.3. The predicted octanol–water partition coefficient (Wildman–Crippen LogP) is 2.28. The minimum atomic E-state index is 0.565. The Hall–Kier alpha value is -1.82. The average molecular weight is 264 g/mol. The number of nitrogen functional groups attached to an aromatic ring is 1. The van der Waals surface area contributed by atoms with Gasteiger partial charge in [-0.1, -0.05) is 13.8 Å². The van der Waals surface area contributed by atoms with Crippen LogP contribution in [0.15, 0.2) is 16.8 Å². The molecule has 2 rings (SSSR count). The Labute approximate surface area is 112 Å². The van der Waals surface area contributed by atoms with Crippen molar-refractivity contribution < 1.29 is 9.37 Å². The van der Waals surface area contributed by atoms with Crippen LogP contribution in [0, 0.1) is 5.92 Å². The molecule has 0 radical (unpaired) electrons. The molecular weight excluding hydrogens is 244 g/mol. The fraction of sp³-hybridized carbons (Fsp3) is 0.538. The first kappa shape index (κ1) is 13.6. The first-order valence-corrected chi connectivity index (χ1v) is 6.51. The standard InChI is InChI=1S/C13H20N4O2/c1-9(2)5-7-18-8-6-15-11-4-3-10(14)12-13(11)17-19-16-12/h3-4,9,15H,5-8,14H2,1-2H3. The Kier molecular flexibility index (Phi) is 4.57. The molecule has 0 spiro atoms. The van der Waals surface area contributed by atoms with Crippen LogP contribution >= 0.6 is 0 Å². The van der Waals surface area contributed by atoms with Gasteiger partial charge in [-0.05, 0) is 34.8 Å². The molecule has 19 heavy (non-hydrogen) atoms. The van der Waals surface area contributed by atoms with E-state index in [0.717, 1.165) is 18.7 Å². The second kappa shape index (κ2) is 6.38. The number of anilines is 2. The number of benzene rings is 1. The maximum absolute atomic E-state index is 5.78. The van der Waals surface area contributed by atoms with Gasteiger partial charge in [0.15, 0.2) is 11.0 Å². The van der Waals surface area contributed by atoms with Crippen LogP contribution in [0.5, 0.6) is 0 Å². The molecule has 0 aliphatic rings. The maximum atomic E-state index is 5.78. The number of fused-ring (bicyclic) bond motifs is 1. The van der Waals surface area contributed by atoms with Crippen molar-refractivity contribution in [2.75, 3.05) is 30.8 Å². The number of hydrogen-bond acceptors (Lipinski definition) is 6. The van der Waals surface area contributed by atoms with Gasteiger partial charge in [-0.25, -0.2) is 4.63 Å². The topological polar surface area (TPSA) is 86.2 Å². The summed E-state index contributed by atoms with van der Waals surface area (Å²) in [5.41, 5.74) is 8.44. The van der Waals surface area contributed by atoms with Crippen molar-refractivity contribution in [2.45, 2.75) is 20.3 Å². The van der Waals surface area contributed by atoms with Gasteiger partial charge in [-0.3, -0.25) is 0 Å². The normalized spacial score (nSPS) is 11.3. The van der Waals surface area contributed by atoms with E-state index in [2.05, 4.69) is 29.5 Å². The maximum Gasteiger partial charge on any atom is 0.160 e. The van der Waals surface area contributed by atoms with E-state index in [1.54, 1.807) is 6.07 Å². The minimum Gasteiger partial charge on any atom is -0.397 e. The molecular formula is C13H20N4O2. The summed E-state index contributed by atoms with van der Waals surface area (Å²) in [5, 5.41) is 10.9. The van der Waals surface area contributed by atoms with E-state index in [0.29, 0.717) is 35.8 Å². The van der Waals surface area contributed by atoms with Crippen LogP contribution in [-0.4, -0.2) is 30.1 Å². The molecule has 0 fully saturated rings. The Morgan fingerprint density at radius 2 is 2.05 bits per heavy atom. The third kappa shape index (κ3) is 3.57. The van der Waals surface area contributed by atoms with Gasteiger partial charge in [0.2, 0.25) is 0 Å². The smallest absolute Gasteiger partial charge is 0.160 e. The van der Waals surface area contributed by atoms with Crippen LogP contribution in [0.4, 0.5) is 11.4 Å². The third-order valence-electron chi connectivity index (χ3n) is 2.85. The predicted molar refractivity (Wildman–Crippen MR) is 75.0 cm³/mol. The Balaban J connectivity index is 1.82. The van der Waals surface area contributed by atoms with Crippen molar-refractivity contribution in [1.82, 2.24) is 10.3 Å². The first-order valence-electron chi connectivity index (χ1n) is 6.51. The molecule has 0 saturated carbocycles. The highest BCUT2D eigenvalue weighted by Crippen LogP contribution is 2.24. The lowest BCUT2D eigenvalue weighted by Crippen LogP contribution is -2.11. The summed E-state index contributed by atoms with van der Waals surface area (Å²) in [6, 6.07) is 3.66. The highest BCUT2D eigenvalue weighted by molar-refractivity contribution is 5.94. The van der Waals surface area contributed by atoms with Crippen LogP contribution in [0.25, 0.3) is 11.0 Å². The number of rotatable bonds is 7. The summed E-state index contributed by atoms with van der Waals surface area (Å²) < 4.78 is 10.2. The lowest BCUT2D eigenvalue weighted by atomic mass is 10.1. The molecule has 3 N–H and O–H groups in total. The molecule has 6 nitrogen and oxygen atoms in total. The summed E-state index contributed by atoms with van der Waals surface area (Å²) in [5.74, 6) is 0.672. The van der Waals surface area contributed by atoms with Crippen molar-refractivity contribution in [3.05, 3.63) is 12.1 Å². The number of nitrogens with zero attached hydrogens (tertiary/aromatic N) is 2. The van der Waals surface area contributed by atoms with Crippen molar-refractivity contribution in [3.8, 4) is 0 Å². The summed E-state index contributed by atoms with van der Waals surface area (Å²) in [6.07, 6.45) is 1.08. The average Bonchev–Trinajstić information content (AvgIpc) is 2.86. The summed E-state index contributed by atoms with van der Waals surface area (Å²) in [4.78, 5) is 0. The molecule has 0 amide bonds. The van der Waals surface area contributed by atoms with E-state index in [1.807, 2.05) is 6.07 Å². The Morgan fingerprint density at radius 1 is 1.26 bits per heavy atom. The lowest BCUT2D eigenvalue weighted by Gasteiger charge is -2.09. The SMILES string of the molecule is CC(C)CCOCCNc1ccc(N)c2nonc12. The van der Waals surface area contributed by atoms with Crippen molar-refractivity contribution in [1.29, 1.82) is 0 Å². The third-order valence-corrected chi connectivity index (χ3v) is 2.85. The highest BCUT2D eigenvalue weighted by atomic mass is 16.6. The van der Waals surface area contributed by atoms with Crippen LogP contribution in [0.2, 0.25) is 0 Å². The molecule has 6 heteroatoms. The number of aromatic nitrogens is 2. The number of ether oxygens (including phenoxy) is 1. The highest BCUT2D eigenvalue weighted by Gasteiger charge is 2.09. The van der Waals surface area contributed by atoms with Gasteiger partial charge in [0, 0.05) is 13.2 Å². The van der Waals surface area contributed by atoms with Gasteiger partial charge in [0.1, 0.15) is 0 Å². The van der Waals surface area contributed by atoms with Crippen LogP contribution in [-0.2, 0) is 4.74 Å². The van der Waals surface area contributed by atoms with Gasteiger partial charge in [0.25, 0.3) is 0 Å². The fourth-order valence-electron chi connectivity index (χ4n) is 1.71. The second-order valence-corrected chi connectivity index (χ2v) is 4.89. The van der Waals surface area contributed by atoms with E-state index in [1.165, 1.54) is 0 Å². The Morgan fingerprint density at radius 3 is 2.84 bits per heavy atom. The first-order chi connectivity index (χ1) is 9.18. The quantitative estimate of drug-likeness (QED) is 0.589. The van der Waals surface area contributed by atoms with Crippen LogP contribution < -0.4 is 11.1 Å². The minimum absolute atomic E-state index is 0.565. The van der Waals surface area contributed by atoms with Crippen molar-refractivity contribution >= 4 is 22.4 Å². The molecule has 1 heterocycles. The van der Waals surface area contributed by atoms with E-state index in [4.69, 9.17) is 15.1 Å². The monoisotopic (exact) mass is 264 g/mol. The second-order valence-electron chi connectivity index (χ2n) is 4.89. The van der Waals surface area contributed by atoms with E-state index in [9.17, 15) is 0 Å². The van der Waals surface area contributed by atoms with Gasteiger partial charge in [0.05, 0.1) is 18.0 Å². The molecule has 0 bridgehead atoms. The largest absolute Gasteiger partial charge is 0.397 e. The van der Waals surface area contributed by atoms with Crippen LogP contribution in [0.1, 0.15) is 20.3 Å². The van der Waals surface area contributed by atoms with E-state index < -0.39 is 0 Å². The molecule has 0 aliphatic carbocycles.